The van der Waals surface area contributed by atoms with Gasteiger partial charge in [0.25, 0.3) is 0 Å². The molecule has 0 spiro atoms. The van der Waals surface area contributed by atoms with Gasteiger partial charge < -0.3 is 5.11 Å². The molecule has 0 saturated carbocycles. The lowest BCUT2D eigenvalue weighted by molar-refractivity contribution is -0.137. The second-order valence-corrected chi connectivity index (χ2v) is 3.30. The molecule has 1 saturated heterocycles. The number of thioether (sulfide) groups is 1. The molecule has 1 rings (SSSR count). The number of rotatable bonds is 2. The Morgan fingerprint density at radius 3 is 2.80 bits per heavy atom. The predicted molar refractivity (Wildman–Crippen MR) is 41.6 cm³/mol. The molecule has 0 aromatic heterocycles. The van der Waals surface area contributed by atoms with Crippen LogP contribution in [0, 0.1) is 0 Å². The summed E-state index contributed by atoms with van der Waals surface area (Å²) in [7, 11) is 0. The van der Waals surface area contributed by atoms with Gasteiger partial charge in [-0.3, -0.25) is 4.99 Å². The standard InChI is InChI=1S/C6H9NO2S/c1-4(6(8)9)7-5-2-3-10-5/h4H,2-3H2,1H3,(H,8,9)/t4-/m0/s1. The van der Waals surface area contributed by atoms with Gasteiger partial charge in [0.1, 0.15) is 6.04 Å². The Kier molecular flexibility index (Phi) is 2.32. The molecule has 1 aliphatic heterocycles. The number of hydrogen-bond donors (Lipinski definition) is 1. The first-order valence-electron chi connectivity index (χ1n) is 3.12. The topological polar surface area (TPSA) is 49.7 Å². The third kappa shape index (κ3) is 1.73. The molecule has 0 aromatic rings. The summed E-state index contributed by atoms with van der Waals surface area (Å²) < 4.78 is 0. The molecule has 10 heavy (non-hydrogen) atoms. The van der Waals surface area contributed by atoms with Crippen molar-refractivity contribution in [1.29, 1.82) is 0 Å². The molecular weight excluding hydrogens is 150 g/mol. The lowest BCUT2D eigenvalue weighted by Gasteiger charge is -2.14. The van der Waals surface area contributed by atoms with Gasteiger partial charge in [0, 0.05) is 12.2 Å². The van der Waals surface area contributed by atoms with Crippen molar-refractivity contribution in [2.24, 2.45) is 4.99 Å². The Morgan fingerprint density at radius 2 is 2.50 bits per heavy atom. The number of nitrogens with zero attached hydrogens (tertiary/aromatic N) is 1. The van der Waals surface area contributed by atoms with Gasteiger partial charge in [-0.2, -0.15) is 0 Å². The summed E-state index contributed by atoms with van der Waals surface area (Å²) in [6.07, 6.45) is 0.961. The molecule has 1 N–H and O–H groups in total. The molecule has 56 valence electrons. The first kappa shape index (κ1) is 7.60. The van der Waals surface area contributed by atoms with Crippen molar-refractivity contribution in [3.8, 4) is 0 Å². The molecule has 4 heteroatoms. The average molecular weight is 159 g/mol. The van der Waals surface area contributed by atoms with E-state index in [1.807, 2.05) is 0 Å². The molecule has 1 fully saturated rings. The minimum absolute atomic E-state index is 0.567. The summed E-state index contributed by atoms with van der Waals surface area (Å²) in [6.45, 7) is 1.59. The molecule has 1 heterocycles. The highest BCUT2D eigenvalue weighted by atomic mass is 32.2. The highest BCUT2D eigenvalue weighted by Gasteiger charge is 2.15. The van der Waals surface area contributed by atoms with E-state index in [0.29, 0.717) is 0 Å². The second-order valence-electron chi connectivity index (χ2n) is 2.14. The SMILES string of the molecule is C[C@H](N=C1CCS1)C(=O)O. The molecular formula is C6H9NO2S. The van der Waals surface area contributed by atoms with E-state index < -0.39 is 12.0 Å². The minimum Gasteiger partial charge on any atom is -0.480 e. The van der Waals surface area contributed by atoms with E-state index in [0.717, 1.165) is 17.2 Å². The summed E-state index contributed by atoms with van der Waals surface area (Å²) in [4.78, 5) is 14.2. The average Bonchev–Trinajstić information content (AvgIpc) is 1.77. The van der Waals surface area contributed by atoms with Crippen LogP contribution in [0.25, 0.3) is 0 Å². The van der Waals surface area contributed by atoms with Gasteiger partial charge in [0.05, 0.1) is 5.04 Å². The van der Waals surface area contributed by atoms with Crippen molar-refractivity contribution in [3.05, 3.63) is 0 Å². The quantitative estimate of drug-likeness (QED) is 0.653. The summed E-state index contributed by atoms with van der Waals surface area (Å²) in [6, 6.07) is -0.567. The normalized spacial score (nSPS) is 23.9. The lowest BCUT2D eigenvalue weighted by atomic mass is 10.3. The summed E-state index contributed by atoms with van der Waals surface area (Å²) in [5, 5.41) is 9.42. The van der Waals surface area contributed by atoms with Crippen LogP contribution < -0.4 is 0 Å². The van der Waals surface area contributed by atoms with Gasteiger partial charge in [-0.05, 0) is 6.92 Å². The van der Waals surface area contributed by atoms with Crippen LogP contribution >= 0.6 is 11.8 Å². The fraction of sp³-hybridized carbons (Fsp3) is 0.667. The number of aliphatic carboxylic acids is 1. The summed E-state index contributed by atoms with van der Waals surface area (Å²) in [5.74, 6) is 0.241. The number of hydrogen-bond acceptors (Lipinski definition) is 3. The molecule has 0 aliphatic carbocycles. The van der Waals surface area contributed by atoms with E-state index in [2.05, 4.69) is 4.99 Å². The van der Waals surface area contributed by atoms with Crippen molar-refractivity contribution in [1.82, 2.24) is 0 Å². The molecule has 0 aromatic carbocycles. The molecule has 3 nitrogen and oxygen atoms in total. The van der Waals surface area contributed by atoms with Crippen LogP contribution in [-0.2, 0) is 4.79 Å². The van der Waals surface area contributed by atoms with E-state index >= 15 is 0 Å². The Morgan fingerprint density at radius 1 is 1.90 bits per heavy atom. The van der Waals surface area contributed by atoms with Crippen LogP contribution in [-0.4, -0.2) is 27.9 Å². The van der Waals surface area contributed by atoms with Gasteiger partial charge in [-0.1, -0.05) is 0 Å². The zero-order valence-electron chi connectivity index (χ0n) is 5.70. The van der Waals surface area contributed by atoms with Crippen molar-refractivity contribution in [3.63, 3.8) is 0 Å². The van der Waals surface area contributed by atoms with Crippen molar-refractivity contribution >= 4 is 22.8 Å². The predicted octanol–water partition coefficient (Wildman–Crippen LogP) is 0.995. The Hall–Kier alpha value is -0.510. The first-order chi connectivity index (χ1) is 4.70. The molecule has 1 atom stereocenters. The van der Waals surface area contributed by atoms with E-state index in [-0.39, 0.29) is 0 Å². The van der Waals surface area contributed by atoms with Crippen LogP contribution in [0.3, 0.4) is 0 Å². The Labute approximate surface area is 63.5 Å². The van der Waals surface area contributed by atoms with Crippen LogP contribution in [0.2, 0.25) is 0 Å². The van der Waals surface area contributed by atoms with E-state index in [1.165, 1.54) is 0 Å². The largest absolute Gasteiger partial charge is 0.480 e. The van der Waals surface area contributed by atoms with Gasteiger partial charge in [0.2, 0.25) is 0 Å². The Balaban J connectivity index is 2.42. The maximum atomic E-state index is 10.3. The third-order valence-corrected chi connectivity index (χ3v) is 2.33. The number of carboxylic acid groups (broad SMARTS) is 1. The fourth-order valence-corrected chi connectivity index (χ4v) is 1.19. The maximum absolute atomic E-state index is 10.3. The van der Waals surface area contributed by atoms with E-state index in [1.54, 1.807) is 18.7 Å². The fourth-order valence-electron chi connectivity index (χ4n) is 0.566. The van der Waals surface area contributed by atoms with Crippen molar-refractivity contribution in [2.75, 3.05) is 5.75 Å². The van der Waals surface area contributed by atoms with Crippen LogP contribution in [0.4, 0.5) is 0 Å². The second kappa shape index (κ2) is 3.05. The van der Waals surface area contributed by atoms with Crippen LogP contribution in [0.5, 0.6) is 0 Å². The molecule has 1 aliphatic rings. The number of carbonyl (C=O) groups is 1. The molecule has 0 bridgehead atoms. The third-order valence-electron chi connectivity index (χ3n) is 1.28. The smallest absolute Gasteiger partial charge is 0.328 e. The zero-order valence-corrected chi connectivity index (χ0v) is 6.52. The molecule has 0 amide bonds. The monoisotopic (exact) mass is 159 g/mol. The van der Waals surface area contributed by atoms with Crippen LogP contribution in [0.1, 0.15) is 13.3 Å². The lowest BCUT2D eigenvalue weighted by Crippen LogP contribution is -2.18. The first-order valence-corrected chi connectivity index (χ1v) is 4.11. The highest BCUT2D eigenvalue weighted by molar-refractivity contribution is 8.15. The van der Waals surface area contributed by atoms with E-state index in [9.17, 15) is 4.79 Å². The van der Waals surface area contributed by atoms with Gasteiger partial charge in [-0.25, -0.2) is 4.79 Å². The van der Waals surface area contributed by atoms with Gasteiger partial charge >= 0.3 is 5.97 Å². The maximum Gasteiger partial charge on any atom is 0.328 e. The Bertz CT molecular complexity index is 173. The van der Waals surface area contributed by atoms with E-state index in [4.69, 9.17) is 5.11 Å². The zero-order chi connectivity index (χ0) is 7.56. The number of aliphatic imine (C=N–C) groups is 1. The molecule has 0 unspecified atom stereocenters. The summed E-state index contributed by atoms with van der Waals surface area (Å²) >= 11 is 1.64. The summed E-state index contributed by atoms with van der Waals surface area (Å²) in [5.41, 5.74) is 0. The number of carboxylic acids is 1. The van der Waals surface area contributed by atoms with Gasteiger partial charge in [-0.15, -0.1) is 11.8 Å². The minimum atomic E-state index is -0.847. The van der Waals surface area contributed by atoms with Crippen molar-refractivity contribution in [2.45, 2.75) is 19.4 Å². The van der Waals surface area contributed by atoms with Gasteiger partial charge in [0.15, 0.2) is 0 Å². The highest BCUT2D eigenvalue weighted by Crippen LogP contribution is 2.21. The molecule has 0 radical (unpaired) electrons. The van der Waals surface area contributed by atoms with Crippen LogP contribution in [0.15, 0.2) is 4.99 Å². The van der Waals surface area contributed by atoms with Crippen molar-refractivity contribution < 1.29 is 9.90 Å².